The van der Waals surface area contributed by atoms with E-state index in [-0.39, 0.29) is 11.8 Å². The van der Waals surface area contributed by atoms with Gasteiger partial charge in [-0.1, -0.05) is 19.9 Å². The van der Waals surface area contributed by atoms with Gasteiger partial charge in [0, 0.05) is 5.92 Å². The molecule has 0 radical (unpaired) electrons. The molecule has 0 spiro atoms. The number of amides is 1. The molecule has 0 unspecified atom stereocenters. The maximum atomic E-state index is 11.2. The molecule has 0 aliphatic carbocycles. The van der Waals surface area contributed by atoms with Crippen LogP contribution < -0.4 is 11.1 Å². The Hall–Kier alpha value is -1.58. The minimum Gasteiger partial charge on any atom is -0.384 e. The minimum atomic E-state index is -0.00365. The van der Waals surface area contributed by atoms with Crippen LogP contribution in [0.2, 0.25) is 0 Å². The van der Waals surface area contributed by atoms with Crippen molar-refractivity contribution in [2.75, 3.05) is 5.73 Å². The molecule has 0 aromatic carbocycles. The summed E-state index contributed by atoms with van der Waals surface area (Å²) >= 11 is 0. The van der Waals surface area contributed by atoms with E-state index in [1.165, 1.54) is 0 Å². The summed E-state index contributed by atoms with van der Waals surface area (Å²) in [5, 5.41) is 2.77. The smallest absolute Gasteiger partial charge is 0.222 e. The molecule has 1 amide bonds. The number of rotatable bonds is 3. The molecular formula is C10H15N3O. The summed E-state index contributed by atoms with van der Waals surface area (Å²) < 4.78 is 0. The lowest BCUT2D eigenvalue weighted by atomic mass is 10.2. The lowest BCUT2D eigenvalue weighted by Gasteiger charge is -2.07. The number of aromatic nitrogens is 1. The first-order valence-electron chi connectivity index (χ1n) is 4.58. The predicted molar refractivity (Wildman–Crippen MR) is 55.3 cm³/mol. The Bertz CT molecular complexity index is 323. The molecule has 1 rings (SSSR count). The van der Waals surface area contributed by atoms with E-state index in [1.54, 1.807) is 6.07 Å². The molecule has 1 aromatic heterocycles. The van der Waals surface area contributed by atoms with Crippen LogP contribution in [0.3, 0.4) is 0 Å². The number of carbonyl (C=O) groups is 1. The second-order valence-corrected chi connectivity index (χ2v) is 3.43. The highest BCUT2D eigenvalue weighted by Gasteiger charge is 2.05. The molecule has 0 atom stereocenters. The van der Waals surface area contributed by atoms with Crippen molar-refractivity contribution in [3.63, 3.8) is 0 Å². The van der Waals surface area contributed by atoms with E-state index in [0.717, 1.165) is 5.69 Å². The van der Waals surface area contributed by atoms with E-state index in [2.05, 4.69) is 10.3 Å². The van der Waals surface area contributed by atoms with Crippen molar-refractivity contribution in [2.45, 2.75) is 20.4 Å². The summed E-state index contributed by atoms with van der Waals surface area (Å²) in [5.74, 6) is 0.492. The molecule has 4 heteroatoms. The van der Waals surface area contributed by atoms with Gasteiger partial charge in [0.05, 0.1) is 12.2 Å². The van der Waals surface area contributed by atoms with E-state index >= 15 is 0 Å². The van der Waals surface area contributed by atoms with E-state index in [9.17, 15) is 4.79 Å². The Morgan fingerprint density at radius 3 is 2.86 bits per heavy atom. The van der Waals surface area contributed by atoms with Gasteiger partial charge in [-0.25, -0.2) is 4.98 Å². The number of nitrogen functional groups attached to an aromatic ring is 1. The predicted octanol–water partition coefficient (Wildman–Crippen LogP) is 0.936. The van der Waals surface area contributed by atoms with Gasteiger partial charge in [-0.2, -0.15) is 0 Å². The Kier molecular flexibility index (Phi) is 3.45. The number of carbonyl (C=O) groups excluding carboxylic acids is 1. The molecule has 3 N–H and O–H groups in total. The number of hydrogen-bond donors (Lipinski definition) is 2. The van der Waals surface area contributed by atoms with Gasteiger partial charge in [0.15, 0.2) is 0 Å². The van der Waals surface area contributed by atoms with Crippen LogP contribution in [0.4, 0.5) is 5.82 Å². The summed E-state index contributed by atoms with van der Waals surface area (Å²) in [6.07, 6.45) is 0. The molecule has 14 heavy (non-hydrogen) atoms. The zero-order valence-corrected chi connectivity index (χ0v) is 8.45. The van der Waals surface area contributed by atoms with Crippen LogP contribution in [-0.2, 0) is 11.3 Å². The SMILES string of the molecule is CC(C)C(=O)NCc1cccc(N)n1. The molecule has 0 fully saturated rings. The van der Waals surface area contributed by atoms with Gasteiger partial charge in [-0.3, -0.25) is 4.79 Å². The average Bonchev–Trinajstić information content (AvgIpc) is 2.14. The monoisotopic (exact) mass is 193 g/mol. The van der Waals surface area contributed by atoms with Crippen LogP contribution in [0.1, 0.15) is 19.5 Å². The van der Waals surface area contributed by atoms with E-state index in [0.29, 0.717) is 12.4 Å². The van der Waals surface area contributed by atoms with Crippen molar-refractivity contribution >= 4 is 11.7 Å². The molecule has 0 bridgehead atoms. The maximum Gasteiger partial charge on any atom is 0.222 e. The van der Waals surface area contributed by atoms with Crippen molar-refractivity contribution in [3.05, 3.63) is 23.9 Å². The van der Waals surface area contributed by atoms with Gasteiger partial charge < -0.3 is 11.1 Å². The fraction of sp³-hybridized carbons (Fsp3) is 0.400. The fourth-order valence-electron chi connectivity index (χ4n) is 0.978. The van der Waals surface area contributed by atoms with E-state index < -0.39 is 0 Å². The molecule has 4 nitrogen and oxygen atoms in total. The normalized spacial score (nSPS) is 10.2. The van der Waals surface area contributed by atoms with Gasteiger partial charge in [0.1, 0.15) is 5.82 Å². The summed E-state index contributed by atoms with van der Waals surface area (Å²) in [4.78, 5) is 15.3. The summed E-state index contributed by atoms with van der Waals surface area (Å²) in [5.41, 5.74) is 6.28. The maximum absolute atomic E-state index is 11.2. The fourth-order valence-corrected chi connectivity index (χ4v) is 0.978. The Morgan fingerprint density at radius 1 is 1.57 bits per heavy atom. The first-order chi connectivity index (χ1) is 6.59. The van der Waals surface area contributed by atoms with Crippen molar-refractivity contribution < 1.29 is 4.79 Å². The Labute approximate surface area is 83.5 Å². The first-order valence-corrected chi connectivity index (χ1v) is 4.58. The van der Waals surface area contributed by atoms with Crippen LogP contribution >= 0.6 is 0 Å². The van der Waals surface area contributed by atoms with E-state index in [4.69, 9.17) is 5.73 Å². The van der Waals surface area contributed by atoms with Gasteiger partial charge in [-0.05, 0) is 12.1 Å². The number of nitrogens with two attached hydrogens (primary N) is 1. The third-order valence-corrected chi connectivity index (χ3v) is 1.80. The molecule has 1 aromatic rings. The van der Waals surface area contributed by atoms with Gasteiger partial charge in [0.2, 0.25) is 5.91 Å². The summed E-state index contributed by atoms with van der Waals surface area (Å²) in [6.45, 7) is 4.13. The molecule has 76 valence electrons. The number of hydrogen-bond acceptors (Lipinski definition) is 3. The number of pyridine rings is 1. The third kappa shape index (κ3) is 3.05. The Morgan fingerprint density at radius 2 is 2.29 bits per heavy atom. The van der Waals surface area contributed by atoms with Crippen molar-refractivity contribution in [2.24, 2.45) is 5.92 Å². The molecule has 0 aliphatic heterocycles. The zero-order chi connectivity index (χ0) is 10.6. The molecule has 0 aliphatic rings. The highest BCUT2D eigenvalue weighted by Crippen LogP contribution is 2.00. The molecule has 0 saturated heterocycles. The molecular weight excluding hydrogens is 178 g/mol. The average molecular weight is 193 g/mol. The van der Waals surface area contributed by atoms with Gasteiger partial charge in [-0.15, -0.1) is 0 Å². The molecule has 1 heterocycles. The van der Waals surface area contributed by atoms with Crippen LogP contribution in [0.5, 0.6) is 0 Å². The van der Waals surface area contributed by atoms with Crippen LogP contribution in [0, 0.1) is 5.92 Å². The standard InChI is InChI=1S/C10H15N3O/c1-7(2)10(14)12-6-8-4-3-5-9(11)13-8/h3-5,7H,6H2,1-2H3,(H2,11,13)(H,12,14). The Balaban J connectivity index is 2.50. The first kappa shape index (κ1) is 10.5. The topological polar surface area (TPSA) is 68.0 Å². The zero-order valence-electron chi connectivity index (χ0n) is 8.45. The summed E-state index contributed by atoms with van der Waals surface area (Å²) in [7, 11) is 0. The van der Waals surface area contributed by atoms with Crippen LogP contribution in [-0.4, -0.2) is 10.9 Å². The molecule has 0 saturated carbocycles. The highest BCUT2D eigenvalue weighted by atomic mass is 16.1. The number of nitrogens with one attached hydrogen (secondary N) is 1. The van der Waals surface area contributed by atoms with E-state index in [1.807, 2.05) is 26.0 Å². The quantitative estimate of drug-likeness (QED) is 0.750. The lowest BCUT2D eigenvalue weighted by molar-refractivity contribution is -0.124. The third-order valence-electron chi connectivity index (χ3n) is 1.80. The highest BCUT2D eigenvalue weighted by molar-refractivity contribution is 5.77. The van der Waals surface area contributed by atoms with Crippen LogP contribution in [0.25, 0.3) is 0 Å². The second kappa shape index (κ2) is 4.60. The number of anilines is 1. The van der Waals surface area contributed by atoms with Crippen molar-refractivity contribution in [3.8, 4) is 0 Å². The van der Waals surface area contributed by atoms with Gasteiger partial charge in [0.25, 0.3) is 0 Å². The largest absolute Gasteiger partial charge is 0.384 e. The van der Waals surface area contributed by atoms with Crippen molar-refractivity contribution in [1.29, 1.82) is 0 Å². The minimum absolute atomic E-state index is 0.00365. The summed E-state index contributed by atoms with van der Waals surface area (Å²) in [6, 6.07) is 5.37. The second-order valence-electron chi connectivity index (χ2n) is 3.43. The van der Waals surface area contributed by atoms with Crippen LogP contribution in [0.15, 0.2) is 18.2 Å². The lowest BCUT2D eigenvalue weighted by Crippen LogP contribution is -2.27. The van der Waals surface area contributed by atoms with Gasteiger partial charge >= 0.3 is 0 Å². The van der Waals surface area contributed by atoms with Crippen molar-refractivity contribution in [1.82, 2.24) is 10.3 Å². The number of nitrogens with zero attached hydrogens (tertiary/aromatic N) is 1.